The normalized spacial score (nSPS) is 14.9. The maximum atomic E-state index is 12.9. The first-order valence-corrected chi connectivity index (χ1v) is 4.99. The van der Waals surface area contributed by atoms with Crippen molar-refractivity contribution in [3.63, 3.8) is 0 Å². The van der Waals surface area contributed by atoms with E-state index in [-0.39, 0.29) is 17.9 Å². The number of aromatic nitrogens is 1. The fourth-order valence-electron chi connectivity index (χ4n) is 1.49. The molecule has 1 aromatic rings. The van der Waals surface area contributed by atoms with Crippen LogP contribution in [0.1, 0.15) is 25.5 Å². The molecule has 0 saturated carbocycles. The largest absolute Gasteiger partial charge is 0.383 e. The molecule has 0 spiro atoms. The SMILES string of the molecule is COCC(C)NC(C)c1cncc(F)c1. The second-order valence-electron chi connectivity index (χ2n) is 3.68. The molecule has 4 heteroatoms. The van der Waals surface area contributed by atoms with Gasteiger partial charge in [-0.2, -0.15) is 0 Å². The fraction of sp³-hybridized carbons (Fsp3) is 0.545. The lowest BCUT2D eigenvalue weighted by Gasteiger charge is -2.19. The van der Waals surface area contributed by atoms with E-state index in [1.54, 1.807) is 13.3 Å². The van der Waals surface area contributed by atoms with Crippen LogP contribution in [0.15, 0.2) is 18.5 Å². The van der Waals surface area contributed by atoms with Crippen LogP contribution in [0.3, 0.4) is 0 Å². The highest BCUT2D eigenvalue weighted by atomic mass is 19.1. The van der Waals surface area contributed by atoms with Crippen LogP contribution < -0.4 is 5.32 Å². The molecule has 1 N–H and O–H groups in total. The maximum absolute atomic E-state index is 12.9. The molecule has 0 aliphatic rings. The van der Waals surface area contributed by atoms with Gasteiger partial charge in [-0.15, -0.1) is 0 Å². The summed E-state index contributed by atoms with van der Waals surface area (Å²) >= 11 is 0. The van der Waals surface area contributed by atoms with Gasteiger partial charge in [0.25, 0.3) is 0 Å². The molecule has 0 radical (unpaired) electrons. The number of ether oxygens (including phenoxy) is 1. The van der Waals surface area contributed by atoms with Crippen LogP contribution in [-0.2, 0) is 4.74 Å². The van der Waals surface area contributed by atoms with Crippen LogP contribution >= 0.6 is 0 Å². The minimum atomic E-state index is -0.305. The van der Waals surface area contributed by atoms with Crippen LogP contribution in [0.5, 0.6) is 0 Å². The summed E-state index contributed by atoms with van der Waals surface area (Å²) in [5, 5.41) is 3.29. The van der Waals surface area contributed by atoms with E-state index in [0.29, 0.717) is 6.61 Å². The van der Waals surface area contributed by atoms with Gasteiger partial charge in [-0.05, 0) is 25.5 Å². The maximum Gasteiger partial charge on any atom is 0.141 e. The number of pyridine rings is 1. The van der Waals surface area contributed by atoms with Gasteiger partial charge in [0.1, 0.15) is 5.82 Å². The van der Waals surface area contributed by atoms with Crippen molar-refractivity contribution in [2.75, 3.05) is 13.7 Å². The lowest BCUT2D eigenvalue weighted by atomic mass is 10.1. The van der Waals surface area contributed by atoms with Crippen molar-refractivity contribution in [2.45, 2.75) is 25.9 Å². The van der Waals surface area contributed by atoms with Crippen molar-refractivity contribution in [3.05, 3.63) is 29.8 Å². The van der Waals surface area contributed by atoms with Crippen LogP contribution in [-0.4, -0.2) is 24.7 Å². The van der Waals surface area contributed by atoms with Gasteiger partial charge in [-0.3, -0.25) is 4.98 Å². The number of rotatable bonds is 5. The molecule has 0 saturated heterocycles. The first-order chi connectivity index (χ1) is 7.13. The number of nitrogens with zero attached hydrogens (tertiary/aromatic N) is 1. The summed E-state index contributed by atoms with van der Waals surface area (Å²) in [4.78, 5) is 3.81. The van der Waals surface area contributed by atoms with Gasteiger partial charge in [0, 0.05) is 25.4 Å². The summed E-state index contributed by atoms with van der Waals surface area (Å²) in [5.41, 5.74) is 0.845. The molecule has 2 unspecified atom stereocenters. The van der Waals surface area contributed by atoms with E-state index in [1.807, 2.05) is 13.8 Å². The molecule has 0 aromatic carbocycles. The number of hydrogen-bond donors (Lipinski definition) is 1. The van der Waals surface area contributed by atoms with Gasteiger partial charge < -0.3 is 10.1 Å². The van der Waals surface area contributed by atoms with E-state index in [4.69, 9.17) is 4.74 Å². The molecule has 0 fully saturated rings. The zero-order chi connectivity index (χ0) is 11.3. The quantitative estimate of drug-likeness (QED) is 0.809. The Balaban J connectivity index is 2.56. The highest BCUT2D eigenvalue weighted by Gasteiger charge is 2.09. The van der Waals surface area contributed by atoms with Crippen molar-refractivity contribution < 1.29 is 9.13 Å². The van der Waals surface area contributed by atoms with Crippen molar-refractivity contribution in [3.8, 4) is 0 Å². The zero-order valence-electron chi connectivity index (χ0n) is 9.33. The van der Waals surface area contributed by atoms with E-state index < -0.39 is 0 Å². The second-order valence-corrected chi connectivity index (χ2v) is 3.68. The van der Waals surface area contributed by atoms with E-state index in [9.17, 15) is 4.39 Å². The fourth-order valence-corrected chi connectivity index (χ4v) is 1.49. The second kappa shape index (κ2) is 5.78. The average molecular weight is 212 g/mol. The Hall–Kier alpha value is -1.00. The Labute approximate surface area is 89.7 Å². The Morgan fingerprint density at radius 1 is 1.47 bits per heavy atom. The molecule has 1 heterocycles. The third-order valence-electron chi connectivity index (χ3n) is 2.18. The Kier molecular flexibility index (Phi) is 4.65. The Bertz CT molecular complexity index is 306. The van der Waals surface area contributed by atoms with E-state index in [1.165, 1.54) is 12.3 Å². The minimum Gasteiger partial charge on any atom is -0.383 e. The standard InChI is InChI=1S/C11H17FN2O/c1-8(7-15-3)14-9(2)10-4-11(12)6-13-5-10/h4-6,8-9,14H,7H2,1-3H3. The van der Waals surface area contributed by atoms with E-state index in [2.05, 4.69) is 10.3 Å². The molecule has 3 nitrogen and oxygen atoms in total. The van der Waals surface area contributed by atoms with Gasteiger partial charge in [-0.1, -0.05) is 0 Å². The monoisotopic (exact) mass is 212 g/mol. The van der Waals surface area contributed by atoms with Crippen molar-refractivity contribution in [1.29, 1.82) is 0 Å². The third kappa shape index (κ3) is 3.93. The molecule has 1 rings (SSSR count). The molecular formula is C11H17FN2O. The van der Waals surface area contributed by atoms with Gasteiger partial charge in [0.15, 0.2) is 0 Å². The predicted molar refractivity (Wildman–Crippen MR) is 57.1 cm³/mol. The molecule has 0 amide bonds. The van der Waals surface area contributed by atoms with E-state index in [0.717, 1.165) is 5.56 Å². The number of hydrogen-bond acceptors (Lipinski definition) is 3. The topological polar surface area (TPSA) is 34.1 Å². The van der Waals surface area contributed by atoms with Crippen LogP contribution in [0.25, 0.3) is 0 Å². The summed E-state index contributed by atoms with van der Waals surface area (Å²) in [6, 6.07) is 1.79. The number of halogens is 1. The smallest absolute Gasteiger partial charge is 0.141 e. The highest BCUT2D eigenvalue weighted by Crippen LogP contribution is 2.12. The zero-order valence-corrected chi connectivity index (χ0v) is 9.33. The summed E-state index contributed by atoms with van der Waals surface area (Å²) in [6.07, 6.45) is 2.87. The van der Waals surface area contributed by atoms with Gasteiger partial charge in [-0.25, -0.2) is 4.39 Å². The molecule has 0 aliphatic carbocycles. The minimum absolute atomic E-state index is 0.0679. The Morgan fingerprint density at radius 2 is 2.20 bits per heavy atom. The lowest BCUT2D eigenvalue weighted by molar-refractivity contribution is 0.167. The number of nitrogens with one attached hydrogen (secondary N) is 1. The van der Waals surface area contributed by atoms with Gasteiger partial charge in [0.05, 0.1) is 12.8 Å². The molecule has 0 aliphatic heterocycles. The first-order valence-electron chi connectivity index (χ1n) is 4.99. The number of methoxy groups -OCH3 is 1. The van der Waals surface area contributed by atoms with Crippen LogP contribution in [0.4, 0.5) is 4.39 Å². The Morgan fingerprint density at radius 3 is 2.80 bits per heavy atom. The van der Waals surface area contributed by atoms with Crippen LogP contribution in [0, 0.1) is 5.82 Å². The summed E-state index contributed by atoms with van der Waals surface area (Å²) < 4.78 is 17.9. The van der Waals surface area contributed by atoms with E-state index >= 15 is 0 Å². The van der Waals surface area contributed by atoms with Crippen molar-refractivity contribution in [1.82, 2.24) is 10.3 Å². The van der Waals surface area contributed by atoms with Gasteiger partial charge in [0.2, 0.25) is 0 Å². The third-order valence-corrected chi connectivity index (χ3v) is 2.18. The van der Waals surface area contributed by atoms with Gasteiger partial charge >= 0.3 is 0 Å². The average Bonchev–Trinajstić information content (AvgIpc) is 2.18. The van der Waals surface area contributed by atoms with Crippen molar-refractivity contribution >= 4 is 0 Å². The predicted octanol–water partition coefficient (Wildman–Crippen LogP) is 1.91. The van der Waals surface area contributed by atoms with Crippen LogP contribution in [0.2, 0.25) is 0 Å². The molecule has 2 atom stereocenters. The lowest BCUT2D eigenvalue weighted by Crippen LogP contribution is -2.32. The molecule has 1 aromatic heterocycles. The molecule has 15 heavy (non-hydrogen) atoms. The summed E-state index contributed by atoms with van der Waals surface area (Å²) in [6.45, 7) is 4.63. The summed E-state index contributed by atoms with van der Waals surface area (Å²) in [7, 11) is 1.66. The first kappa shape index (κ1) is 12.1. The molecular weight excluding hydrogens is 195 g/mol. The van der Waals surface area contributed by atoms with Crippen molar-refractivity contribution in [2.24, 2.45) is 0 Å². The molecule has 84 valence electrons. The molecule has 0 bridgehead atoms. The highest BCUT2D eigenvalue weighted by molar-refractivity contribution is 5.14. The summed E-state index contributed by atoms with van der Waals surface area (Å²) in [5.74, 6) is -0.305.